The van der Waals surface area contributed by atoms with Crippen molar-refractivity contribution < 1.29 is 14.3 Å². The minimum Gasteiger partial charge on any atom is -0.468 e. The van der Waals surface area contributed by atoms with Crippen LogP contribution in [0, 0.1) is 0 Å². The molecule has 0 aromatic heterocycles. The van der Waals surface area contributed by atoms with E-state index in [4.69, 9.17) is 4.74 Å². The minimum atomic E-state index is -0.191. The molecule has 0 amide bonds. The molecule has 1 spiro atoms. The number of carbonyl (C=O) groups is 1. The molecule has 0 bridgehead atoms. The third kappa shape index (κ3) is 2.49. The van der Waals surface area contributed by atoms with Crippen LogP contribution in [0.25, 0.3) is 0 Å². The van der Waals surface area contributed by atoms with Gasteiger partial charge in [-0.15, -0.1) is 0 Å². The van der Waals surface area contributed by atoms with E-state index in [1.165, 1.54) is 26.4 Å². The first kappa shape index (κ1) is 10.9. The Morgan fingerprint density at radius 2 is 2.40 bits per heavy atom. The molecular formula is C11H19NO3. The van der Waals surface area contributed by atoms with Crippen LogP contribution in [-0.4, -0.2) is 37.9 Å². The molecule has 1 heterocycles. The van der Waals surface area contributed by atoms with Gasteiger partial charge in [0.2, 0.25) is 0 Å². The van der Waals surface area contributed by atoms with E-state index in [0.717, 1.165) is 19.4 Å². The lowest BCUT2D eigenvalue weighted by atomic mass is 9.74. The number of methoxy groups -OCH3 is 1. The van der Waals surface area contributed by atoms with Crippen molar-refractivity contribution >= 4 is 5.97 Å². The summed E-state index contributed by atoms with van der Waals surface area (Å²) in [5.74, 6) is -0.191. The molecule has 0 aromatic rings. The first-order valence-electron chi connectivity index (χ1n) is 5.68. The maximum atomic E-state index is 11.0. The standard InChI is InChI=1S/C11H19NO3/c1-14-10(13)8-12-9-3-6-15-11(7-9)4-2-5-11/h9,12H,2-8H2,1H3. The SMILES string of the molecule is COC(=O)CNC1CCOC2(CCC2)C1. The van der Waals surface area contributed by atoms with Gasteiger partial charge in [-0.3, -0.25) is 4.79 Å². The highest BCUT2D eigenvalue weighted by molar-refractivity contribution is 5.71. The molecule has 86 valence electrons. The van der Waals surface area contributed by atoms with Crippen LogP contribution in [0.3, 0.4) is 0 Å². The predicted molar refractivity (Wildman–Crippen MR) is 55.6 cm³/mol. The van der Waals surface area contributed by atoms with Crippen LogP contribution in [0.1, 0.15) is 32.1 Å². The summed E-state index contributed by atoms with van der Waals surface area (Å²) < 4.78 is 10.4. The van der Waals surface area contributed by atoms with E-state index in [-0.39, 0.29) is 11.6 Å². The second-order valence-corrected chi connectivity index (χ2v) is 4.53. The first-order chi connectivity index (χ1) is 7.24. The van der Waals surface area contributed by atoms with Gasteiger partial charge in [0.05, 0.1) is 19.3 Å². The number of rotatable bonds is 3. The van der Waals surface area contributed by atoms with Crippen LogP contribution in [0.2, 0.25) is 0 Å². The average Bonchev–Trinajstić information content (AvgIpc) is 2.24. The Bertz CT molecular complexity index is 238. The summed E-state index contributed by atoms with van der Waals surface area (Å²) in [5, 5.41) is 3.24. The van der Waals surface area contributed by atoms with Crippen molar-refractivity contribution in [2.24, 2.45) is 0 Å². The molecular weight excluding hydrogens is 194 g/mol. The quantitative estimate of drug-likeness (QED) is 0.706. The number of hydrogen-bond donors (Lipinski definition) is 1. The van der Waals surface area contributed by atoms with Crippen molar-refractivity contribution in [3.8, 4) is 0 Å². The predicted octanol–water partition coefficient (Wildman–Crippen LogP) is 0.851. The molecule has 1 aliphatic heterocycles. The molecule has 15 heavy (non-hydrogen) atoms. The number of ether oxygens (including phenoxy) is 2. The lowest BCUT2D eigenvalue weighted by molar-refractivity contribution is -0.144. The summed E-state index contributed by atoms with van der Waals surface area (Å²) in [6.45, 7) is 1.14. The molecule has 2 aliphatic rings. The summed E-state index contributed by atoms with van der Waals surface area (Å²) in [5.41, 5.74) is 0.145. The Kier molecular flexibility index (Phi) is 3.26. The van der Waals surface area contributed by atoms with Crippen LogP contribution in [0.4, 0.5) is 0 Å². The van der Waals surface area contributed by atoms with E-state index in [1.807, 2.05) is 0 Å². The van der Waals surface area contributed by atoms with Crippen molar-refractivity contribution in [2.45, 2.75) is 43.7 Å². The van der Waals surface area contributed by atoms with E-state index in [1.54, 1.807) is 0 Å². The summed E-state index contributed by atoms with van der Waals surface area (Å²) >= 11 is 0. The summed E-state index contributed by atoms with van der Waals surface area (Å²) in [4.78, 5) is 11.0. The highest BCUT2D eigenvalue weighted by Gasteiger charge is 2.42. The molecule has 2 rings (SSSR count). The second-order valence-electron chi connectivity index (χ2n) is 4.53. The third-order valence-electron chi connectivity index (χ3n) is 3.52. The summed E-state index contributed by atoms with van der Waals surface area (Å²) in [7, 11) is 1.42. The topological polar surface area (TPSA) is 47.6 Å². The van der Waals surface area contributed by atoms with Crippen LogP contribution in [-0.2, 0) is 14.3 Å². The molecule has 1 saturated heterocycles. The van der Waals surface area contributed by atoms with Gasteiger partial charge in [-0.05, 0) is 32.1 Å². The molecule has 4 nitrogen and oxygen atoms in total. The molecule has 0 radical (unpaired) electrons. The van der Waals surface area contributed by atoms with Crippen LogP contribution < -0.4 is 5.32 Å². The highest BCUT2D eigenvalue weighted by atomic mass is 16.5. The zero-order chi connectivity index (χ0) is 10.7. The van der Waals surface area contributed by atoms with Gasteiger partial charge in [0.15, 0.2) is 0 Å². The van der Waals surface area contributed by atoms with E-state index >= 15 is 0 Å². The number of carbonyl (C=O) groups excluding carboxylic acids is 1. The fourth-order valence-corrected chi connectivity index (χ4v) is 2.42. The summed E-state index contributed by atoms with van der Waals surface area (Å²) in [6.07, 6.45) is 5.69. The number of esters is 1. The lowest BCUT2D eigenvalue weighted by Gasteiger charge is -2.47. The Balaban J connectivity index is 1.75. The smallest absolute Gasteiger partial charge is 0.319 e. The first-order valence-corrected chi connectivity index (χ1v) is 5.68. The zero-order valence-electron chi connectivity index (χ0n) is 9.25. The van der Waals surface area contributed by atoms with Crippen molar-refractivity contribution in [1.82, 2.24) is 5.32 Å². The van der Waals surface area contributed by atoms with Gasteiger partial charge in [-0.25, -0.2) is 0 Å². The highest BCUT2D eigenvalue weighted by Crippen LogP contribution is 2.42. The van der Waals surface area contributed by atoms with E-state index < -0.39 is 0 Å². The maximum absolute atomic E-state index is 11.0. The van der Waals surface area contributed by atoms with E-state index in [0.29, 0.717) is 12.6 Å². The van der Waals surface area contributed by atoms with Gasteiger partial charge in [0, 0.05) is 12.6 Å². The van der Waals surface area contributed by atoms with E-state index in [2.05, 4.69) is 10.1 Å². The normalized spacial score (nSPS) is 28.5. The fourth-order valence-electron chi connectivity index (χ4n) is 2.42. The molecule has 4 heteroatoms. The monoisotopic (exact) mass is 213 g/mol. The van der Waals surface area contributed by atoms with E-state index in [9.17, 15) is 4.79 Å². The van der Waals surface area contributed by atoms with Crippen molar-refractivity contribution in [2.75, 3.05) is 20.3 Å². The molecule has 2 fully saturated rings. The summed E-state index contributed by atoms with van der Waals surface area (Å²) in [6, 6.07) is 0.415. The lowest BCUT2D eigenvalue weighted by Crippen LogP contribution is -2.51. The van der Waals surface area contributed by atoms with Gasteiger partial charge >= 0.3 is 5.97 Å². The Hall–Kier alpha value is -0.610. The Morgan fingerprint density at radius 1 is 1.60 bits per heavy atom. The molecule has 0 aromatic carbocycles. The Morgan fingerprint density at radius 3 is 3.00 bits per heavy atom. The van der Waals surface area contributed by atoms with Crippen LogP contribution >= 0.6 is 0 Å². The molecule has 1 saturated carbocycles. The molecule has 1 atom stereocenters. The molecule has 1 unspecified atom stereocenters. The van der Waals surface area contributed by atoms with Gasteiger partial charge in [0.1, 0.15) is 0 Å². The molecule has 1 N–H and O–H groups in total. The average molecular weight is 213 g/mol. The van der Waals surface area contributed by atoms with Crippen LogP contribution in [0.15, 0.2) is 0 Å². The maximum Gasteiger partial charge on any atom is 0.319 e. The van der Waals surface area contributed by atoms with Crippen molar-refractivity contribution in [3.63, 3.8) is 0 Å². The fraction of sp³-hybridized carbons (Fsp3) is 0.909. The van der Waals surface area contributed by atoms with Gasteiger partial charge in [-0.1, -0.05) is 0 Å². The minimum absolute atomic E-state index is 0.145. The zero-order valence-corrected chi connectivity index (χ0v) is 9.25. The van der Waals surface area contributed by atoms with Crippen LogP contribution in [0.5, 0.6) is 0 Å². The number of hydrogen-bond acceptors (Lipinski definition) is 4. The second kappa shape index (κ2) is 4.49. The van der Waals surface area contributed by atoms with Gasteiger partial charge in [-0.2, -0.15) is 0 Å². The largest absolute Gasteiger partial charge is 0.468 e. The van der Waals surface area contributed by atoms with Gasteiger partial charge < -0.3 is 14.8 Å². The van der Waals surface area contributed by atoms with Crippen molar-refractivity contribution in [3.05, 3.63) is 0 Å². The third-order valence-corrected chi connectivity index (χ3v) is 3.52. The van der Waals surface area contributed by atoms with Gasteiger partial charge in [0.25, 0.3) is 0 Å². The number of nitrogens with one attached hydrogen (secondary N) is 1. The molecule has 1 aliphatic carbocycles. The Labute approximate surface area is 90.3 Å². The van der Waals surface area contributed by atoms with Crippen molar-refractivity contribution in [1.29, 1.82) is 0 Å².